The number of rotatable bonds is 3. The molecule has 1 N–H and O–H groups in total. The van der Waals surface area contributed by atoms with Gasteiger partial charge in [0.15, 0.2) is 11.5 Å². The van der Waals surface area contributed by atoms with E-state index in [4.69, 9.17) is 4.74 Å². The maximum absolute atomic E-state index is 9.86. The number of fused-ring (bicyclic) bond motifs is 1. The molecule has 1 heterocycles. The largest absolute Gasteiger partial charge is 0.503 e. The second-order valence-corrected chi connectivity index (χ2v) is 6.60. The third-order valence-corrected chi connectivity index (χ3v) is 4.90. The van der Waals surface area contributed by atoms with Crippen molar-refractivity contribution < 1.29 is 9.84 Å². The second-order valence-electron chi connectivity index (χ2n) is 4.71. The van der Waals surface area contributed by atoms with Crippen LogP contribution in [0.2, 0.25) is 0 Å². The highest BCUT2D eigenvalue weighted by Crippen LogP contribution is 2.36. The van der Waals surface area contributed by atoms with Gasteiger partial charge in [-0.15, -0.1) is 11.3 Å². The first-order chi connectivity index (χ1) is 11.1. The van der Waals surface area contributed by atoms with Gasteiger partial charge in [0, 0.05) is 0 Å². The lowest BCUT2D eigenvalue weighted by molar-refractivity contribution is 0.372. The van der Waals surface area contributed by atoms with Crippen LogP contribution in [0.15, 0.2) is 40.9 Å². The lowest BCUT2D eigenvalue weighted by Gasteiger charge is -2.06. The Balaban J connectivity index is 2.09. The zero-order chi connectivity index (χ0) is 16.4. The highest BCUT2D eigenvalue weighted by molar-refractivity contribution is 9.10. The van der Waals surface area contributed by atoms with Crippen LogP contribution in [0.25, 0.3) is 21.9 Å². The van der Waals surface area contributed by atoms with Crippen molar-refractivity contribution in [2.24, 2.45) is 0 Å². The van der Waals surface area contributed by atoms with Crippen molar-refractivity contribution in [2.45, 2.75) is 0 Å². The van der Waals surface area contributed by atoms with Crippen LogP contribution < -0.4 is 4.74 Å². The molecule has 0 fully saturated rings. The van der Waals surface area contributed by atoms with E-state index in [1.807, 2.05) is 24.3 Å². The molecule has 0 unspecified atom stereocenters. The summed E-state index contributed by atoms with van der Waals surface area (Å²) in [5.74, 6) is 0.371. The van der Waals surface area contributed by atoms with E-state index in [-0.39, 0.29) is 5.75 Å². The molecule has 0 spiro atoms. The maximum Gasteiger partial charge on any atom is 0.172 e. The van der Waals surface area contributed by atoms with Crippen molar-refractivity contribution in [2.75, 3.05) is 7.11 Å². The molecule has 0 amide bonds. The number of benzene rings is 2. The Hall–Kier alpha value is -2.36. The van der Waals surface area contributed by atoms with Gasteiger partial charge >= 0.3 is 0 Å². The van der Waals surface area contributed by atoms with Gasteiger partial charge in [-0.25, -0.2) is 4.98 Å². The average Bonchev–Trinajstić information content (AvgIpc) is 2.99. The van der Waals surface area contributed by atoms with Crippen LogP contribution in [-0.4, -0.2) is 17.2 Å². The van der Waals surface area contributed by atoms with Crippen molar-refractivity contribution in [3.8, 4) is 17.6 Å². The van der Waals surface area contributed by atoms with Gasteiger partial charge in [-0.05, 0) is 51.8 Å². The Morgan fingerprint density at radius 2 is 2.17 bits per heavy atom. The summed E-state index contributed by atoms with van der Waals surface area (Å²) in [6.07, 6.45) is 1.73. The van der Waals surface area contributed by atoms with Gasteiger partial charge in [-0.1, -0.05) is 12.1 Å². The number of allylic oxidation sites excluding steroid dienone is 1. The minimum atomic E-state index is 0.0307. The fourth-order valence-electron chi connectivity index (χ4n) is 2.13. The van der Waals surface area contributed by atoms with Gasteiger partial charge in [-0.2, -0.15) is 5.26 Å². The number of aromatic nitrogens is 1. The van der Waals surface area contributed by atoms with Crippen LogP contribution in [0.5, 0.6) is 11.5 Å². The van der Waals surface area contributed by atoms with Crippen molar-refractivity contribution in [3.05, 3.63) is 51.4 Å². The van der Waals surface area contributed by atoms with E-state index in [1.165, 1.54) is 18.4 Å². The molecule has 3 rings (SSSR count). The zero-order valence-electron chi connectivity index (χ0n) is 12.1. The summed E-state index contributed by atoms with van der Waals surface area (Å²) in [4.78, 5) is 4.50. The van der Waals surface area contributed by atoms with Gasteiger partial charge in [0.25, 0.3) is 0 Å². The van der Waals surface area contributed by atoms with Crippen molar-refractivity contribution >= 4 is 49.1 Å². The van der Waals surface area contributed by atoms with E-state index >= 15 is 0 Å². The van der Waals surface area contributed by atoms with E-state index < -0.39 is 0 Å². The van der Waals surface area contributed by atoms with Crippen LogP contribution in [0.4, 0.5) is 0 Å². The fourth-order valence-corrected chi connectivity index (χ4v) is 3.52. The van der Waals surface area contributed by atoms with E-state index in [9.17, 15) is 10.4 Å². The van der Waals surface area contributed by atoms with Crippen LogP contribution in [0.1, 0.15) is 10.6 Å². The van der Waals surface area contributed by atoms with Gasteiger partial charge in [-0.3, -0.25) is 0 Å². The Labute approximate surface area is 145 Å². The first-order valence-corrected chi connectivity index (χ1v) is 8.27. The predicted octanol–water partition coefficient (Wildman–Crippen LogP) is 4.84. The van der Waals surface area contributed by atoms with Gasteiger partial charge in [0.1, 0.15) is 11.1 Å². The minimum absolute atomic E-state index is 0.0307. The first kappa shape index (κ1) is 15.5. The number of hydrogen-bond acceptors (Lipinski definition) is 5. The Kier molecular flexibility index (Phi) is 4.33. The number of thiazole rings is 1. The lowest BCUT2D eigenvalue weighted by Crippen LogP contribution is -1.87. The normalized spacial score (nSPS) is 11.4. The predicted molar refractivity (Wildman–Crippen MR) is 95.5 cm³/mol. The van der Waals surface area contributed by atoms with Gasteiger partial charge < -0.3 is 9.84 Å². The monoisotopic (exact) mass is 386 g/mol. The first-order valence-electron chi connectivity index (χ1n) is 6.66. The molecule has 3 aromatic rings. The van der Waals surface area contributed by atoms with E-state index in [0.717, 1.165) is 15.8 Å². The second kappa shape index (κ2) is 6.41. The quantitative estimate of drug-likeness (QED) is 0.654. The molecule has 0 aliphatic carbocycles. The number of para-hydroxylation sites is 1. The smallest absolute Gasteiger partial charge is 0.172 e. The number of methoxy groups -OCH3 is 1. The molecule has 0 aliphatic heterocycles. The minimum Gasteiger partial charge on any atom is -0.503 e. The molecule has 23 heavy (non-hydrogen) atoms. The molecular formula is C17H11BrN2O2S. The molecule has 6 heteroatoms. The molecule has 0 saturated carbocycles. The summed E-state index contributed by atoms with van der Waals surface area (Å²) in [7, 11) is 1.48. The highest BCUT2D eigenvalue weighted by atomic mass is 79.9. The average molecular weight is 387 g/mol. The molecule has 0 aliphatic rings. The SMILES string of the molecule is COc1cc(C=C(C#N)c2nc3ccccc3s2)cc(Br)c1O. The number of nitriles is 1. The number of nitrogens with zero attached hydrogens (tertiary/aromatic N) is 2. The van der Waals surface area contributed by atoms with Crippen LogP contribution in [0, 0.1) is 11.3 Å². The summed E-state index contributed by atoms with van der Waals surface area (Å²) >= 11 is 4.75. The molecule has 1 aromatic heterocycles. The highest BCUT2D eigenvalue weighted by Gasteiger charge is 2.11. The van der Waals surface area contributed by atoms with E-state index in [2.05, 4.69) is 27.0 Å². The van der Waals surface area contributed by atoms with Crippen molar-refractivity contribution in [3.63, 3.8) is 0 Å². The van der Waals surface area contributed by atoms with Crippen LogP contribution in [-0.2, 0) is 0 Å². The van der Waals surface area contributed by atoms with E-state index in [0.29, 0.717) is 20.8 Å². The topological polar surface area (TPSA) is 66.1 Å². The molecule has 2 aromatic carbocycles. The van der Waals surface area contributed by atoms with E-state index in [1.54, 1.807) is 18.2 Å². The standard InChI is InChI=1S/C17H11BrN2O2S/c1-22-14-8-10(7-12(18)16(14)21)6-11(9-19)17-20-13-4-2-3-5-15(13)23-17/h2-8,21H,1H3. The van der Waals surface area contributed by atoms with Crippen LogP contribution >= 0.6 is 27.3 Å². The Morgan fingerprint density at radius 1 is 1.39 bits per heavy atom. The lowest BCUT2D eigenvalue weighted by atomic mass is 10.1. The van der Waals surface area contributed by atoms with Gasteiger partial charge in [0.05, 0.1) is 27.4 Å². The third kappa shape index (κ3) is 3.07. The molecule has 0 radical (unpaired) electrons. The fraction of sp³-hybridized carbons (Fsp3) is 0.0588. The Morgan fingerprint density at radius 3 is 2.87 bits per heavy atom. The third-order valence-electron chi connectivity index (χ3n) is 3.23. The molecule has 0 saturated heterocycles. The zero-order valence-corrected chi connectivity index (χ0v) is 14.5. The van der Waals surface area contributed by atoms with Crippen molar-refractivity contribution in [1.29, 1.82) is 5.26 Å². The number of hydrogen-bond donors (Lipinski definition) is 1. The maximum atomic E-state index is 9.86. The number of phenols is 1. The number of halogens is 1. The molecule has 4 nitrogen and oxygen atoms in total. The summed E-state index contributed by atoms with van der Waals surface area (Å²) in [6.45, 7) is 0. The van der Waals surface area contributed by atoms with Crippen LogP contribution in [0.3, 0.4) is 0 Å². The molecule has 0 bridgehead atoms. The van der Waals surface area contributed by atoms with Gasteiger partial charge in [0.2, 0.25) is 0 Å². The molecule has 0 atom stereocenters. The summed E-state index contributed by atoms with van der Waals surface area (Å²) in [5, 5.41) is 20.0. The summed E-state index contributed by atoms with van der Waals surface area (Å²) in [6, 6.07) is 13.4. The van der Waals surface area contributed by atoms with Crippen molar-refractivity contribution in [1.82, 2.24) is 4.98 Å². The summed E-state index contributed by atoms with van der Waals surface area (Å²) in [5.41, 5.74) is 2.08. The number of aromatic hydroxyl groups is 1. The Bertz CT molecular complexity index is 924. The molecule has 114 valence electrons. The molecular weight excluding hydrogens is 376 g/mol. The number of phenolic OH excluding ortho intramolecular Hbond substituents is 1. The summed E-state index contributed by atoms with van der Waals surface area (Å²) < 4.78 is 6.67. The number of ether oxygens (including phenoxy) is 1.